The second kappa shape index (κ2) is 6.46. The van der Waals surface area contributed by atoms with Crippen LogP contribution in [0.5, 0.6) is 0 Å². The Labute approximate surface area is 129 Å². The first-order valence-electron chi connectivity index (χ1n) is 6.76. The van der Waals surface area contributed by atoms with E-state index in [-0.39, 0.29) is 5.69 Å². The Morgan fingerprint density at radius 2 is 1.36 bits per heavy atom. The van der Waals surface area contributed by atoms with E-state index in [1.165, 1.54) is 22.9 Å². The lowest BCUT2D eigenvalue weighted by Gasteiger charge is -2.17. The normalized spacial score (nSPS) is 10.6. The van der Waals surface area contributed by atoms with Crippen molar-refractivity contribution < 1.29 is 4.92 Å². The first-order chi connectivity index (χ1) is 10.8. The van der Waals surface area contributed by atoms with Gasteiger partial charge < -0.3 is 0 Å². The summed E-state index contributed by atoms with van der Waals surface area (Å²) in [6.45, 7) is 0. The maximum atomic E-state index is 10.8. The van der Waals surface area contributed by atoms with E-state index in [9.17, 15) is 10.1 Å². The summed E-state index contributed by atoms with van der Waals surface area (Å²) in [6.07, 6.45) is 1.33. The molecule has 0 atom stereocenters. The molecule has 0 aliphatic heterocycles. The van der Waals surface area contributed by atoms with Gasteiger partial charge >= 0.3 is 0 Å². The van der Waals surface area contributed by atoms with Crippen molar-refractivity contribution in [1.82, 2.24) is 4.98 Å². The zero-order chi connectivity index (χ0) is 15.4. The first-order valence-corrected chi connectivity index (χ1v) is 8.10. The van der Waals surface area contributed by atoms with Gasteiger partial charge in [0.15, 0.2) is 0 Å². The number of pyridine rings is 1. The van der Waals surface area contributed by atoms with Crippen molar-refractivity contribution in [3.05, 3.63) is 89.1 Å². The van der Waals surface area contributed by atoms with E-state index in [2.05, 4.69) is 29.2 Å². The van der Waals surface area contributed by atoms with Crippen molar-refractivity contribution >= 4 is 29.7 Å². The Bertz CT molecular complexity index is 722. The average molecular weight is 308 g/mol. The molecule has 0 bridgehead atoms. The molecule has 2 aromatic carbocycles. The summed E-state index contributed by atoms with van der Waals surface area (Å²) in [4.78, 5) is 14.7. The van der Waals surface area contributed by atoms with E-state index in [1.54, 1.807) is 6.07 Å². The van der Waals surface area contributed by atoms with Crippen molar-refractivity contribution in [2.75, 3.05) is 0 Å². The minimum Gasteiger partial charge on any atom is -0.258 e. The molecule has 0 amide bonds. The maximum Gasteiger partial charge on any atom is 0.287 e. The first kappa shape index (κ1) is 14.4. The number of benzene rings is 2. The monoisotopic (exact) mass is 308 g/mol. The highest BCUT2D eigenvalue weighted by molar-refractivity contribution is 7.79. The third-order valence-corrected chi connectivity index (χ3v) is 5.55. The van der Waals surface area contributed by atoms with Gasteiger partial charge in [-0.1, -0.05) is 60.7 Å². The molecule has 0 unspecified atom stereocenters. The molecule has 108 valence electrons. The lowest BCUT2D eigenvalue weighted by molar-refractivity contribution is -0.385. The number of hydrogen-bond donors (Lipinski definition) is 0. The third-order valence-electron chi connectivity index (χ3n) is 3.20. The number of hydrogen-bond acceptors (Lipinski definition) is 3. The second-order valence-electron chi connectivity index (χ2n) is 4.64. The summed E-state index contributed by atoms with van der Waals surface area (Å²) in [5.74, 6) is 0. The molecule has 22 heavy (non-hydrogen) atoms. The van der Waals surface area contributed by atoms with E-state index in [1.807, 2.05) is 36.4 Å². The highest BCUT2D eigenvalue weighted by Gasteiger charge is 2.18. The largest absolute Gasteiger partial charge is 0.287 e. The van der Waals surface area contributed by atoms with Crippen LogP contribution in [-0.4, -0.2) is 9.91 Å². The van der Waals surface area contributed by atoms with Crippen molar-refractivity contribution in [2.24, 2.45) is 0 Å². The number of rotatable bonds is 4. The predicted molar refractivity (Wildman–Crippen MR) is 89.6 cm³/mol. The molecule has 0 saturated carbocycles. The minimum atomic E-state index is -0.811. The van der Waals surface area contributed by atoms with E-state index in [0.29, 0.717) is 0 Å². The van der Waals surface area contributed by atoms with E-state index in [0.717, 1.165) is 5.44 Å². The standard InChI is InChI=1S/C17H13N2O2P/c20-19(21)14-11-12-17(18-13-14)22(15-7-3-1-4-8-15)16-9-5-2-6-10-16/h1-13H. The molecule has 0 saturated heterocycles. The van der Waals surface area contributed by atoms with Crippen LogP contribution in [0.2, 0.25) is 0 Å². The van der Waals surface area contributed by atoms with Crippen LogP contribution in [-0.2, 0) is 0 Å². The van der Waals surface area contributed by atoms with Crippen LogP contribution in [0.1, 0.15) is 0 Å². The molecule has 1 heterocycles. The Hall–Kier alpha value is -2.58. The Morgan fingerprint density at radius 1 is 0.818 bits per heavy atom. The van der Waals surface area contributed by atoms with Gasteiger partial charge in [-0.05, 0) is 16.7 Å². The van der Waals surface area contributed by atoms with Crippen molar-refractivity contribution in [1.29, 1.82) is 0 Å². The molecule has 0 spiro atoms. The van der Waals surface area contributed by atoms with Crippen molar-refractivity contribution in [3.63, 3.8) is 0 Å². The molecule has 0 fully saturated rings. The fraction of sp³-hybridized carbons (Fsp3) is 0. The van der Waals surface area contributed by atoms with Gasteiger partial charge in [-0.15, -0.1) is 0 Å². The van der Waals surface area contributed by atoms with Crippen LogP contribution in [0.15, 0.2) is 79.0 Å². The van der Waals surface area contributed by atoms with Gasteiger partial charge in [0.2, 0.25) is 0 Å². The maximum absolute atomic E-state index is 10.8. The Morgan fingerprint density at radius 3 is 1.77 bits per heavy atom. The Balaban J connectivity index is 2.08. The quantitative estimate of drug-likeness (QED) is 0.423. The highest BCUT2D eigenvalue weighted by Crippen LogP contribution is 2.31. The van der Waals surface area contributed by atoms with Crippen LogP contribution in [0.25, 0.3) is 0 Å². The fourth-order valence-corrected chi connectivity index (χ4v) is 4.35. The topological polar surface area (TPSA) is 56.0 Å². The summed E-state index contributed by atoms with van der Waals surface area (Å²) in [6, 6.07) is 23.5. The van der Waals surface area contributed by atoms with Gasteiger partial charge in [0, 0.05) is 14.0 Å². The fourth-order valence-electron chi connectivity index (χ4n) is 2.19. The smallest absolute Gasteiger partial charge is 0.258 e. The van der Waals surface area contributed by atoms with Crippen LogP contribution in [0.4, 0.5) is 5.69 Å². The zero-order valence-corrected chi connectivity index (χ0v) is 12.6. The third kappa shape index (κ3) is 3.02. The molecular formula is C17H13N2O2P. The molecule has 3 rings (SSSR count). The molecule has 1 aromatic heterocycles. The second-order valence-corrected chi connectivity index (χ2v) is 6.80. The van der Waals surface area contributed by atoms with E-state index >= 15 is 0 Å². The molecule has 0 radical (unpaired) electrons. The number of nitro groups is 1. The summed E-state index contributed by atoms with van der Waals surface area (Å²) < 4.78 is 0. The van der Waals surface area contributed by atoms with Crippen LogP contribution in [0.3, 0.4) is 0 Å². The minimum absolute atomic E-state index is 0.0137. The SMILES string of the molecule is O=[N+]([O-])c1ccc(P(c2ccccc2)c2ccccc2)nc1. The molecule has 0 N–H and O–H groups in total. The average Bonchev–Trinajstić information content (AvgIpc) is 2.57. The van der Waals surface area contributed by atoms with Crippen molar-refractivity contribution in [3.8, 4) is 0 Å². The molecule has 5 heteroatoms. The lowest BCUT2D eigenvalue weighted by Crippen LogP contribution is -2.22. The predicted octanol–water partition coefficient (Wildman–Crippen LogP) is 2.75. The summed E-state index contributed by atoms with van der Waals surface area (Å²) >= 11 is 0. The molecule has 3 aromatic rings. The summed E-state index contributed by atoms with van der Waals surface area (Å²) in [5.41, 5.74) is 0.873. The molecule has 0 aliphatic rings. The zero-order valence-electron chi connectivity index (χ0n) is 11.7. The van der Waals surface area contributed by atoms with E-state index in [4.69, 9.17) is 0 Å². The van der Waals surface area contributed by atoms with E-state index < -0.39 is 12.8 Å². The van der Waals surface area contributed by atoms with Crippen LogP contribution in [0, 0.1) is 10.1 Å². The van der Waals surface area contributed by atoms with Gasteiger partial charge in [-0.2, -0.15) is 0 Å². The van der Waals surface area contributed by atoms with Crippen LogP contribution < -0.4 is 16.0 Å². The van der Waals surface area contributed by atoms with Crippen molar-refractivity contribution in [2.45, 2.75) is 0 Å². The Kier molecular flexibility index (Phi) is 4.22. The summed E-state index contributed by atoms with van der Waals surface area (Å²) in [7, 11) is -0.811. The van der Waals surface area contributed by atoms with Gasteiger partial charge in [-0.3, -0.25) is 10.1 Å². The molecule has 0 aliphatic carbocycles. The van der Waals surface area contributed by atoms with Gasteiger partial charge in [-0.25, -0.2) is 4.98 Å². The molecule has 4 nitrogen and oxygen atoms in total. The van der Waals surface area contributed by atoms with Gasteiger partial charge in [0.05, 0.1) is 10.4 Å². The van der Waals surface area contributed by atoms with Crippen LogP contribution >= 0.6 is 7.92 Å². The number of nitrogens with zero attached hydrogens (tertiary/aromatic N) is 2. The van der Waals surface area contributed by atoms with Gasteiger partial charge in [0.1, 0.15) is 6.20 Å². The van der Waals surface area contributed by atoms with Gasteiger partial charge in [0.25, 0.3) is 5.69 Å². The molecular weight excluding hydrogens is 295 g/mol. The number of aromatic nitrogens is 1. The highest BCUT2D eigenvalue weighted by atomic mass is 31.1. The lowest BCUT2D eigenvalue weighted by atomic mass is 10.4. The summed E-state index contributed by atoms with van der Waals surface area (Å²) in [5, 5.41) is 13.1.